The van der Waals surface area contributed by atoms with Crippen LogP contribution in [0.4, 0.5) is 15.2 Å². The van der Waals surface area contributed by atoms with E-state index < -0.39 is 11.8 Å². The molecule has 4 nitrogen and oxygen atoms in total. The Hall–Kier alpha value is -1.37. The molecule has 0 unspecified atom stereocenters. The lowest BCUT2D eigenvalue weighted by Gasteiger charge is -2.05. The Kier molecular flexibility index (Phi) is 3.93. The summed E-state index contributed by atoms with van der Waals surface area (Å²) in [4.78, 5) is 15.1. The second-order valence-corrected chi connectivity index (χ2v) is 5.43. The van der Waals surface area contributed by atoms with Crippen LogP contribution < -0.4 is 5.32 Å². The van der Waals surface area contributed by atoms with E-state index in [2.05, 4.69) is 10.3 Å². The zero-order valence-corrected chi connectivity index (χ0v) is 11.8. The molecule has 1 heterocycles. The van der Waals surface area contributed by atoms with Crippen molar-refractivity contribution < 1.29 is 14.3 Å². The van der Waals surface area contributed by atoms with Crippen molar-refractivity contribution in [2.75, 3.05) is 5.32 Å². The molecule has 0 saturated heterocycles. The molecule has 0 radical (unpaired) electrons. The molecular formula is C11H7Cl2FN2O2S. The number of hydrogen-bond acceptors (Lipinski definition) is 4. The number of aromatic carboxylic acids is 1. The molecular weight excluding hydrogens is 314 g/mol. The number of aryl methyl sites for hydroxylation is 1. The van der Waals surface area contributed by atoms with Gasteiger partial charge in [-0.3, -0.25) is 0 Å². The first-order valence-electron chi connectivity index (χ1n) is 5.00. The molecule has 0 aliphatic heterocycles. The SMILES string of the molecule is Cc1nc(Nc2cc(Cl)c(F)c(Cl)c2)sc1C(=O)O. The maximum Gasteiger partial charge on any atom is 0.347 e. The van der Waals surface area contributed by atoms with Gasteiger partial charge in [0.25, 0.3) is 0 Å². The van der Waals surface area contributed by atoms with Gasteiger partial charge in [0, 0.05) is 5.69 Å². The summed E-state index contributed by atoms with van der Waals surface area (Å²) in [6.07, 6.45) is 0. The van der Waals surface area contributed by atoms with E-state index in [0.717, 1.165) is 11.3 Å². The minimum Gasteiger partial charge on any atom is -0.477 e. The zero-order valence-electron chi connectivity index (χ0n) is 9.50. The van der Waals surface area contributed by atoms with E-state index in [4.69, 9.17) is 28.3 Å². The first-order chi connectivity index (χ1) is 8.88. The fourth-order valence-electron chi connectivity index (χ4n) is 1.40. The normalized spacial score (nSPS) is 10.5. The summed E-state index contributed by atoms with van der Waals surface area (Å²) in [5.74, 6) is -1.74. The van der Waals surface area contributed by atoms with Gasteiger partial charge in [0.15, 0.2) is 10.9 Å². The summed E-state index contributed by atoms with van der Waals surface area (Å²) in [5.41, 5.74) is 0.835. The fourth-order valence-corrected chi connectivity index (χ4v) is 2.71. The third-order valence-electron chi connectivity index (χ3n) is 2.23. The Labute approximate surface area is 121 Å². The lowest BCUT2D eigenvalue weighted by Crippen LogP contribution is -1.94. The Morgan fingerprint density at radius 2 is 2.00 bits per heavy atom. The van der Waals surface area contributed by atoms with E-state index in [1.165, 1.54) is 12.1 Å². The van der Waals surface area contributed by atoms with E-state index in [9.17, 15) is 9.18 Å². The van der Waals surface area contributed by atoms with E-state index in [0.29, 0.717) is 16.5 Å². The van der Waals surface area contributed by atoms with E-state index in [1.807, 2.05) is 0 Å². The molecule has 0 saturated carbocycles. The van der Waals surface area contributed by atoms with Crippen molar-refractivity contribution in [1.82, 2.24) is 4.98 Å². The first kappa shape index (κ1) is 14.0. The van der Waals surface area contributed by atoms with Crippen LogP contribution in [0, 0.1) is 12.7 Å². The predicted octanol–water partition coefficient (Wildman–Crippen LogP) is 4.34. The van der Waals surface area contributed by atoms with E-state index in [1.54, 1.807) is 6.92 Å². The Bertz CT molecular complexity index is 637. The second-order valence-electron chi connectivity index (χ2n) is 3.62. The van der Waals surface area contributed by atoms with Gasteiger partial charge in [-0.2, -0.15) is 0 Å². The number of nitrogens with zero attached hydrogens (tertiary/aromatic N) is 1. The number of hydrogen-bond donors (Lipinski definition) is 2. The van der Waals surface area contributed by atoms with Crippen LogP contribution >= 0.6 is 34.5 Å². The standard InChI is InChI=1S/C11H7Cl2FN2O2S/c1-4-9(10(17)18)19-11(15-4)16-5-2-6(12)8(14)7(13)3-5/h2-3H,1H3,(H,15,16)(H,17,18). The van der Waals surface area contributed by atoms with Gasteiger partial charge in [-0.1, -0.05) is 34.5 Å². The maximum absolute atomic E-state index is 13.2. The molecule has 1 aromatic heterocycles. The van der Waals surface area contributed by atoms with Gasteiger partial charge in [0.2, 0.25) is 0 Å². The topological polar surface area (TPSA) is 62.2 Å². The monoisotopic (exact) mass is 320 g/mol. The minimum atomic E-state index is -1.04. The summed E-state index contributed by atoms with van der Waals surface area (Å²) in [6.45, 7) is 1.59. The smallest absolute Gasteiger partial charge is 0.347 e. The first-order valence-corrected chi connectivity index (χ1v) is 6.58. The number of benzene rings is 1. The van der Waals surface area contributed by atoms with Crippen molar-refractivity contribution >= 4 is 51.3 Å². The molecule has 8 heteroatoms. The van der Waals surface area contributed by atoms with Gasteiger partial charge in [0.05, 0.1) is 15.7 Å². The number of carboxylic acid groups (broad SMARTS) is 1. The van der Waals surface area contributed by atoms with Crippen LogP contribution in [0.5, 0.6) is 0 Å². The van der Waals surface area contributed by atoms with Crippen molar-refractivity contribution in [3.05, 3.63) is 38.6 Å². The predicted molar refractivity (Wildman–Crippen MR) is 73.5 cm³/mol. The molecule has 2 rings (SSSR count). The van der Waals surface area contributed by atoms with Gasteiger partial charge < -0.3 is 10.4 Å². The molecule has 0 spiro atoms. The molecule has 2 aromatic rings. The largest absolute Gasteiger partial charge is 0.477 e. The lowest BCUT2D eigenvalue weighted by molar-refractivity contribution is 0.0701. The Morgan fingerprint density at radius 3 is 2.47 bits per heavy atom. The summed E-state index contributed by atoms with van der Waals surface area (Å²) in [6, 6.07) is 2.69. The zero-order chi connectivity index (χ0) is 14.2. The highest BCUT2D eigenvalue weighted by molar-refractivity contribution is 7.17. The van der Waals surface area contributed by atoms with Crippen molar-refractivity contribution in [2.45, 2.75) is 6.92 Å². The van der Waals surface area contributed by atoms with E-state index >= 15 is 0 Å². The molecule has 1 aromatic carbocycles. The molecule has 0 bridgehead atoms. The third kappa shape index (κ3) is 2.97. The van der Waals surface area contributed by atoms with Crippen LogP contribution in [0.2, 0.25) is 10.0 Å². The summed E-state index contributed by atoms with van der Waals surface area (Å²) in [5, 5.41) is 11.9. The van der Waals surface area contributed by atoms with Crippen LogP contribution in [0.25, 0.3) is 0 Å². The average molecular weight is 321 g/mol. The van der Waals surface area contributed by atoms with Crippen molar-refractivity contribution in [3.63, 3.8) is 0 Å². The molecule has 0 aliphatic rings. The second kappa shape index (κ2) is 5.32. The molecule has 0 fully saturated rings. The number of rotatable bonds is 3. The van der Waals surface area contributed by atoms with Crippen LogP contribution in [-0.2, 0) is 0 Å². The lowest BCUT2D eigenvalue weighted by atomic mass is 10.3. The van der Waals surface area contributed by atoms with Gasteiger partial charge in [-0.15, -0.1) is 0 Å². The van der Waals surface area contributed by atoms with E-state index in [-0.39, 0.29) is 14.9 Å². The highest BCUT2D eigenvalue weighted by Crippen LogP contribution is 2.31. The molecule has 0 atom stereocenters. The molecule has 19 heavy (non-hydrogen) atoms. The number of aromatic nitrogens is 1. The quantitative estimate of drug-likeness (QED) is 0.826. The fraction of sp³-hybridized carbons (Fsp3) is 0.0909. The highest BCUT2D eigenvalue weighted by atomic mass is 35.5. The summed E-state index contributed by atoms with van der Waals surface area (Å²) >= 11 is 12.3. The molecule has 100 valence electrons. The molecule has 2 N–H and O–H groups in total. The van der Waals surface area contributed by atoms with Crippen molar-refractivity contribution in [3.8, 4) is 0 Å². The highest BCUT2D eigenvalue weighted by Gasteiger charge is 2.15. The maximum atomic E-state index is 13.2. The van der Waals surface area contributed by atoms with Crippen LogP contribution in [0.3, 0.4) is 0 Å². The van der Waals surface area contributed by atoms with Crippen LogP contribution in [-0.4, -0.2) is 16.1 Å². The average Bonchev–Trinajstić information content (AvgIpc) is 2.67. The third-order valence-corrected chi connectivity index (χ3v) is 3.84. The van der Waals surface area contributed by atoms with Gasteiger partial charge >= 0.3 is 5.97 Å². The summed E-state index contributed by atoms with van der Waals surface area (Å²) in [7, 11) is 0. The van der Waals surface area contributed by atoms with Crippen LogP contribution in [0.1, 0.15) is 15.4 Å². The number of nitrogens with one attached hydrogen (secondary N) is 1. The van der Waals surface area contributed by atoms with Gasteiger partial charge in [0.1, 0.15) is 4.88 Å². The molecule has 0 amide bonds. The number of anilines is 2. The number of carbonyl (C=O) groups is 1. The molecule has 0 aliphatic carbocycles. The van der Waals surface area contributed by atoms with Gasteiger partial charge in [-0.25, -0.2) is 14.2 Å². The van der Waals surface area contributed by atoms with Gasteiger partial charge in [-0.05, 0) is 19.1 Å². The summed E-state index contributed by atoms with van der Waals surface area (Å²) < 4.78 is 13.2. The Morgan fingerprint density at radius 1 is 1.42 bits per heavy atom. The number of carboxylic acids is 1. The number of halogens is 3. The minimum absolute atomic E-state index is 0.123. The van der Waals surface area contributed by atoms with Crippen LogP contribution in [0.15, 0.2) is 12.1 Å². The number of thiazole rings is 1. The van der Waals surface area contributed by atoms with Crippen molar-refractivity contribution in [1.29, 1.82) is 0 Å². The Balaban J connectivity index is 2.31. The van der Waals surface area contributed by atoms with Crippen molar-refractivity contribution in [2.24, 2.45) is 0 Å².